The Morgan fingerprint density at radius 3 is 1.82 bits per heavy atom. The summed E-state index contributed by atoms with van der Waals surface area (Å²) < 4.78 is 0. The average Bonchev–Trinajstić information content (AvgIpc) is 2.87. The number of hydrogen-bond acceptors (Lipinski definition) is 3. The molecule has 3 saturated heterocycles. The van der Waals surface area contributed by atoms with Crippen LogP contribution in [0.2, 0.25) is 0 Å². The van der Waals surface area contributed by atoms with Gasteiger partial charge >= 0.3 is 0 Å². The van der Waals surface area contributed by atoms with Crippen molar-refractivity contribution < 1.29 is 0 Å². The minimum absolute atomic E-state index is 0.675. The summed E-state index contributed by atoms with van der Waals surface area (Å²) in [5.74, 6) is 2.01. The van der Waals surface area contributed by atoms with Gasteiger partial charge in [0.25, 0.3) is 0 Å². The van der Waals surface area contributed by atoms with Crippen LogP contribution in [0.4, 0.5) is 0 Å². The fourth-order valence-electron chi connectivity index (χ4n) is 5.61. The van der Waals surface area contributed by atoms with Crippen LogP contribution in [0, 0.1) is 17.3 Å². The van der Waals surface area contributed by atoms with Gasteiger partial charge in [-0.15, -0.1) is 0 Å². The number of fused-ring (bicyclic) bond motifs is 1. The first-order chi connectivity index (χ1) is 10.5. The summed E-state index contributed by atoms with van der Waals surface area (Å²) in [6.07, 6.45) is 4.37. The van der Waals surface area contributed by atoms with Gasteiger partial charge in [0.15, 0.2) is 0 Å². The maximum atomic E-state index is 2.87. The lowest BCUT2D eigenvalue weighted by Gasteiger charge is -2.41. The number of nitrogens with zero attached hydrogens (tertiary/aromatic N) is 3. The van der Waals surface area contributed by atoms with Crippen molar-refractivity contribution in [2.24, 2.45) is 17.3 Å². The summed E-state index contributed by atoms with van der Waals surface area (Å²) in [4.78, 5) is 8.27. The van der Waals surface area contributed by atoms with E-state index in [-0.39, 0.29) is 0 Å². The molecule has 126 valence electrons. The zero-order chi connectivity index (χ0) is 15.5. The molecule has 0 N–H and O–H groups in total. The topological polar surface area (TPSA) is 9.72 Å². The van der Waals surface area contributed by atoms with Gasteiger partial charge in [-0.25, -0.2) is 0 Å². The van der Waals surface area contributed by atoms with Crippen molar-refractivity contribution in [1.29, 1.82) is 0 Å². The molecule has 4 fully saturated rings. The highest BCUT2D eigenvalue weighted by Crippen LogP contribution is 2.51. The maximum Gasteiger partial charge on any atom is 0.0184 e. The first-order valence-electron chi connectivity index (χ1n) is 9.71. The van der Waals surface area contributed by atoms with Crippen molar-refractivity contribution in [3.05, 3.63) is 0 Å². The molecule has 1 saturated carbocycles. The minimum Gasteiger partial charge on any atom is -0.300 e. The molecule has 1 aliphatic carbocycles. The van der Waals surface area contributed by atoms with Crippen molar-refractivity contribution in [3.63, 3.8) is 0 Å². The first kappa shape index (κ1) is 15.4. The van der Waals surface area contributed by atoms with Crippen LogP contribution in [0.15, 0.2) is 0 Å². The van der Waals surface area contributed by atoms with E-state index in [1.807, 2.05) is 0 Å². The maximum absolute atomic E-state index is 2.87. The van der Waals surface area contributed by atoms with Crippen LogP contribution in [0.3, 0.4) is 0 Å². The Hall–Kier alpha value is -0.120. The third-order valence-corrected chi connectivity index (χ3v) is 7.39. The molecule has 0 aromatic heterocycles. The molecule has 3 heterocycles. The second-order valence-electron chi connectivity index (χ2n) is 9.22. The molecule has 4 rings (SSSR count). The third-order valence-electron chi connectivity index (χ3n) is 7.39. The quantitative estimate of drug-likeness (QED) is 0.793. The summed E-state index contributed by atoms with van der Waals surface area (Å²) in [6.45, 7) is 17.6. The molecule has 2 atom stereocenters. The standard InChI is InChI=1S/C19H35N3/c1-14(2)21-10-7-19(13-21)5-8-20(9-6-19)18-16-11-22(15(3)4)12-17(16)18/h14-18H,5-13H2,1-4H3. The molecule has 0 bridgehead atoms. The van der Waals surface area contributed by atoms with Crippen molar-refractivity contribution in [2.75, 3.05) is 39.3 Å². The normalized spacial score (nSPS) is 39.3. The first-order valence-corrected chi connectivity index (χ1v) is 9.71. The molecule has 22 heavy (non-hydrogen) atoms. The molecule has 0 amide bonds. The zero-order valence-corrected chi connectivity index (χ0v) is 15.1. The van der Waals surface area contributed by atoms with E-state index in [0.29, 0.717) is 5.41 Å². The number of likely N-dealkylation sites (tertiary alicyclic amines) is 3. The molecule has 0 radical (unpaired) electrons. The second-order valence-corrected chi connectivity index (χ2v) is 9.22. The monoisotopic (exact) mass is 305 g/mol. The highest BCUT2D eigenvalue weighted by molar-refractivity contribution is 5.12. The van der Waals surface area contributed by atoms with Crippen LogP contribution in [0.25, 0.3) is 0 Å². The van der Waals surface area contributed by atoms with Gasteiger partial charge in [0.05, 0.1) is 0 Å². The van der Waals surface area contributed by atoms with Crippen LogP contribution in [-0.2, 0) is 0 Å². The summed E-state index contributed by atoms with van der Waals surface area (Å²) in [6, 6.07) is 2.44. The molecule has 4 aliphatic rings. The van der Waals surface area contributed by atoms with Crippen LogP contribution < -0.4 is 0 Å². The van der Waals surface area contributed by atoms with E-state index in [1.54, 1.807) is 0 Å². The Morgan fingerprint density at radius 1 is 0.773 bits per heavy atom. The van der Waals surface area contributed by atoms with Gasteiger partial charge in [-0.05, 0) is 83.8 Å². The van der Waals surface area contributed by atoms with Crippen molar-refractivity contribution >= 4 is 0 Å². The summed E-state index contributed by atoms with van der Waals surface area (Å²) in [5, 5.41) is 0. The Labute approximate surface area is 137 Å². The van der Waals surface area contributed by atoms with E-state index in [4.69, 9.17) is 0 Å². The van der Waals surface area contributed by atoms with Gasteiger partial charge in [-0.2, -0.15) is 0 Å². The summed E-state index contributed by atoms with van der Waals surface area (Å²) >= 11 is 0. The highest BCUT2D eigenvalue weighted by Gasteiger charge is 2.59. The lowest BCUT2D eigenvalue weighted by molar-refractivity contribution is 0.0824. The van der Waals surface area contributed by atoms with Crippen LogP contribution in [0.5, 0.6) is 0 Å². The fourth-order valence-corrected chi connectivity index (χ4v) is 5.61. The predicted octanol–water partition coefficient (Wildman–Crippen LogP) is 2.52. The molecule has 3 nitrogen and oxygen atoms in total. The molecule has 1 spiro atoms. The van der Waals surface area contributed by atoms with Crippen LogP contribution >= 0.6 is 0 Å². The lowest BCUT2D eigenvalue weighted by atomic mass is 9.77. The van der Waals surface area contributed by atoms with Crippen molar-refractivity contribution in [2.45, 2.75) is 65.1 Å². The Kier molecular flexibility index (Phi) is 3.82. The number of piperidine rings is 2. The lowest BCUT2D eigenvalue weighted by Crippen LogP contribution is -2.45. The molecule has 0 aromatic rings. The van der Waals surface area contributed by atoms with Gasteiger partial charge in [-0.3, -0.25) is 4.90 Å². The average molecular weight is 306 g/mol. The minimum atomic E-state index is 0.675. The molecular weight excluding hydrogens is 270 g/mol. The van der Waals surface area contributed by atoms with E-state index in [1.165, 1.54) is 58.5 Å². The highest BCUT2D eigenvalue weighted by atomic mass is 15.3. The Morgan fingerprint density at radius 2 is 1.32 bits per heavy atom. The van der Waals surface area contributed by atoms with Gasteiger partial charge in [0.1, 0.15) is 0 Å². The second kappa shape index (κ2) is 5.46. The SMILES string of the molecule is CC(C)N1CC2C(C1)C2N1CCC2(CCN(C(C)C)C2)CC1. The molecular formula is C19H35N3. The van der Waals surface area contributed by atoms with Crippen LogP contribution in [0.1, 0.15) is 47.0 Å². The van der Waals surface area contributed by atoms with E-state index in [2.05, 4.69) is 42.4 Å². The third kappa shape index (κ3) is 2.53. The van der Waals surface area contributed by atoms with E-state index in [0.717, 1.165) is 30.0 Å². The molecule has 0 aromatic carbocycles. The van der Waals surface area contributed by atoms with E-state index in [9.17, 15) is 0 Å². The number of hydrogen-bond donors (Lipinski definition) is 0. The molecule has 3 heteroatoms. The fraction of sp³-hybridized carbons (Fsp3) is 1.00. The van der Waals surface area contributed by atoms with Gasteiger partial charge < -0.3 is 9.80 Å². The van der Waals surface area contributed by atoms with Crippen LogP contribution in [-0.4, -0.2) is 72.1 Å². The van der Waals surface area contributed by atoms with E-state index >= 15 is 0 Å². The smallest absolute Gasteiger partial charge is 0.0184 e. The molecule has 3 aliphatic heterocycles. The number of rotatable bonds is 3. The predicted molar refractivity (Wildman–Crippen MR) is 92.0 cm³/mol. The largest absolute Gasteiger partial charge is 0.300 e. The molecule has 2 unspecified atom stereocenters. The van der Waals surface area contributed by atoms with Gasteiger partial charge in [0.2, 0.25) is 0 Å². The Balaban J connectivity index is 1.28. The zero-order valence-electron chi connectivity index (χ0n) is 15.1. The van der Waals surface area contributed by atoms with Crippen molar-refractivity contribution in [3.8, 4) is 0 Å². The van der Waals surface area contributed by atoms with E-state index < -0.39 is 0 Å². The van der Waals surface area contributed by atoms with Crippen molar-refractivity contribution in [1.82, 2.24) is 14.7 Å². The van der Waals surface area contributed by atoms with Gasteiger partial charge in [0, 0.05) is 37.8 Å². The summed E-state index contributed by atoms with van der Waals surface area (Å²) in [7, 11) is 0. The summed E-state index contributed by atoms with van der Waals surface area (Å²) in [5.41, 5.74) is 0.675. The Bertz CT molecular complexity index is 399. The van der Waals surface area contributed by atoms with Gasteiger partial charge in [-0.1, -0.05) is 0 Å².